The van der Waals surface area contributed by atoms with Crippen molar-refractivity contribution in [1.29, 1.82) is 0 Å². The molecule has 0 spiro atoms. The van der Waals surface area contributed by atoms with Crippen molar-refractivity contribution in [3.05, 3.63) is 35.1 Å². The van der Waals surface area contributed by atoms with Crippen LogP contribution < -0.4 is 5.32 Å². The van der Waals surface area contributed by atoms with Gasteiger partial charge in [-0.05, 0) is 71.2 Å². The third-order valence-corrected chi connectivity index (χ3v) is 7.60. The van der Waals surface area contributed by atoms with Crippen molar-refractivity contribution in [2.45, 2.75) is 51.8 Å². The lowest BCUT2D eigenvalue weighted by atomic mass is 9.80. The molecule has 1 saturated heterocycles. The second-order valence-corrected chi connectivity index (χ2v) is 10.3. The summed E-state index contributed by atoms with van der Waals surface area (Å²) in [6, 6.07) is 4.74. The number of fused-ring (bicyclic) bond motifs is 1. The molecule has 10 heteroatoms. The Balaban J connectivity index is 1.30. The highest BCUT2D eigenvalue weighted by Crippen LogP contribution is 2.52. The van der Waals surface area contributed by atoms with Gasteiger partial charge in [0, 0.05) is 23.5 Å². The van der Waals surface area contributed by atoms with Crippen molar-refractivity contribution in [3.63, 3.8) is 0 Å². The maximum Gasteiger partial charge on any atom is 0.252 e. The smallest absolute Gasteiger partial charge is 0.252 e. The molecule has 3 fully saturated rings. The van der Waals surface area contributed by atoms with Gasteiger partial charge in [-0.3, -0.25) is 9.59 Å². The number of halogens is 1. The van der Waals surface area contributed by atoms with Crippen molar-refractivity contribution in [1.82, 2.24) is 30.4 Å². The van der Waals surface area contributed by atoms with Crippen molar-refractivity contribution in [2.24, 2.45) is 23.2 Å². The van der Waals surface area contributed by atoms with Crippen molar-refractivity contribution in [3.8, 4) is 5.69 Å². The van der Waals surface area contributed by atoms with E-state index in [-0.39, 0.29) is 24.3 Å². The normalized spacial score (nSPS) is 25.4. The first kappa shape index (κ1) is 21.3. The topological polar surface area (TPSA) is 113 Å². The van der Waals surface area contributed by atoms with Gasteiger partial charge in [-0.1, -0.05) is 25.4 Å². The molecule has 2 heterocycles. The Hall–Kier alpha value is -2.52. The van der Waals surface area contributed by atoms with E-state index in [1.807, 2.05) is 13.8 Å². The average molecular weight is 459 g/mol. The maximum atomic E-state index is 13.2. The summed E-state index contributed by atoms with van der Waals surface area (Å²) >= 11 is 6.17. The number of aromatic nitrogens is 4. The molecule has 2 saturated carbocycles. The largest absolute Gasteiger partial charge is 0.383 e. The number of rotatable bonds is 7. The quantitative estimate of drug-likeness (QED) is 0.651. The summed E-state index contributed by atoms with van der Waals surface area (Å²) in [6.07, 6.45) is 3.40. The van der Waals surface area contributed by atoms with Gasteiger partial charge < -0.3 is 15.3 Å². The minimum Gasteiger partial charge on any atom is -0.383 e. The molecule has 2 N–H and O–H groups in total. The highest BCUT2D eigenvalue weighted by atomic mass is 35.5. The van der Waals surface area contributed by atoms with E-state index in [0.717, 1.165) is 24.8 Å². The SMILES string of the molecule is CC(C)(C1CC1)C(O)C(=O)N1C[C@@H]2C[C@@H]2[C@H]1C(=O)NCc1cc(Cl)ccc1-n1cnnn1. The van der Waals surface area contributed by atoms with Gasteiger partial charge in [0.1, 0.15) is 18.5 Å². The van der Waals surface area contributed by atoms with E-state index in [1.54, 1.807) is 23.1 Å². The van der Waals surface area contributed by atoms with Crippen LogP contribution in [0.3, 0.4) is 0 Å². The van der Waals surface area contributed by atoms with E-state index >= 15 is 0 Å². The Morgan fingerprint density at radius 3 is 2.81 bits per heavy atom. The third kappa shape index (κ3) is 3.77. The van der Waals surface area contributed by atoms with E-state index < -0.39 is 17.6 Å². The summed E-state index contributed by atoms with van der Waals surface area (Å²) < 4.78 is 1.51. The maximum absolute atomic E-state index is 13.2. The van der Waals surface area contributed by atoms with Gasteiger partial charge in [0.25, 0.3) is 5.91 Å². The molecule has 32 heavy (non-hydrogen) atoms. The highest BCUT2D eigenvalue weighted by molar-refractivity contribution is 6.30. The molecular weight excluding hydrogens is 432 g/mol. The van der Waals surface area contributed by atoms with Crippen LogP contribution in [0, 0.1) is 23.2 Å². The molecule has 2 aromatic rings. The van der Waals surface area contributed by atoms with Crippen LogP contribution in [-0.4, -0.2) is 60.7 Å². The molecule has 2 amide bonds. The van der Waals surface area contributed by atoms with Gasteiger partial charge in [-0.15, -0.1) is 5.10 Å². The molecular formula is C22H27ClN6O3. The first-order valence-electron chi connectivity index (χ1n) is 11.1. The lowest BCUT2D eigenvalue weighted by Gasteiger charge is -2.35. The number of likely N-dealkylation sites (tertiary alicyclic amines) is 1. The van der Waals surface area contributed by atoms with E-state index in [1.165, 1.54) is 11.0 Å². The molecule has 0 radical (unpaired) electrons. The Morgan fingerprint density at radius 1 is 1.34 bits per heavy atom. The van der Waals surface area contributed by atoms with Gasteiger partial charge in [0.2, 0.25) is 5.91 Å². The van der Waals surface area contributed by atoms with Crippen molar-refractivity contribution < 1.29 is 14.7 Å². The van der Waals surface area contributed by atoms with Crippen LogP contribution in [0.2, 0.25) is 5.02 Å². The Kier molecular flexibility index (Phi) is 5.21. The van der Waals surface area contributed by atoms with E-state index in [0.29, 0.717) is 29.1 Å². The number of hydrogen-bond acceptors (Lipinski definition) is 6. The molecule has 4 atom stereocenters. The Labute approximate surface area is 191 Å². The second-order valence-electron chi connectivity index (χ2n) is 9.84. The number of aliphatic hydroxyl groups excluding tert-OH is 1. The molecule has 1 aromatic heterocycles. The molecule has 1 aliphatic heterocycles. The van der Waals surface area contributed by atoms with Crippen LogP contribution >= 0.6 is 11.6 Å². The third-order valence-electron chi connectivity index (χ3n) is 7.36. The van der Waals surface area contributed by atoms with Gasteiger partial charge in [0.15, 0.2) is 0 Å². The molecule has 1 aromatic carbocycles. The number of benzene rings is 1. The summed E-state index contributed by atoms with van der Waals surface area (Å²) in [4.78, 5) is 28.0. The second kappa shape index (κ2) is 7.81. The summed E-state index contributed by atoms with van der Waals surface area (Å²) in [6.45, 7) is 4.64. The first-order valence-corrected chi connectivity index (χ1v) is 11.4. The number of tetrazole rings is 1. The van der Waals surface area contributed by atoms with E-state index in [9.17, 15) is 14.7 Å². The molecule has 2 aliphatic carbocycles. The van der Waals surface area contributed by atoms with Crippen LogP contribution in [0.5, 0.6) is 0 Å². The number of carbonyl (C=O) groups excluding carboxylic acids is 2. The summed E-state index contributed by atoms with van der Waals surface area (Å²) in [5.41, 5.74) is 0.994. The fraction of sp³-hybridized carbons (Fsp3) is 0.591. The van der Waals surface area contributed by atoms with Crippen molar-refractivity contribution >= 4 is 23.4 Å². The van der Waals surface area contributed by atoms with Gasteiger partial charge in [-0.2, -0.15) is 0 Å². The zero-order valence-corrected chi connectivity index (χ0v) is 18.9. The number of amides is 2. The van der Waals surface area contributed by atoms with Gasteiger partial charge in [-0.25, -0.2) is 4.68 Å². The zero-order chi connectivity index (χ0) is 22.6. The van der Waals surface area contributed by atoms with E-state index in [4.69, 9.17) is 11.6 Å². The summed E-state index contributed by atoms with van der Waals surface area (Å²) in [5.74, 6) is 0.328. The molecule has 170 valence electrons. The number of piperidine rings is 1. The lowest BCUT2D eigenvalue weighted by Crippen LogP contribution is -2.54. The fourth-order valence-corrected chi connectivity index (χ4v) is 5.23. The molecule has 1 unspecified atom stereocenters. The minimum absolute atomic E-state index is 0.161. The molecule has 0 bridgehead atoms. The van der Waals surface area contributed by atoms with Crippen LogP contribution in [0.1, 0.15) is 38.7 Å². The predicted molar refractivity (Wildman–Crippen MR) is 116 cm³/mol. The summed E-state index contributed by atoms with van der Waals surface area (Å²) in [5, 5.41) is 25.6. The molecule has 9 nitrogen and oxygen atoms in total. The minimum atomic E-state index is -1.10. The van der Waals surface area contributed by atoms with Crippen LogP contribution in [0.25, 0.3) is 5.69 Å². The molecule has 5 rings (SSSR count). The van der Waals surface area contributed by atoms with Crippen LogP contribution in [0.15, 0.2) is 24.5 Å². The Bertz CT molecular complexity index is 1040. The number of aliphatic hydroxyl groups is 1. The van der Waals surface area contributed by atoms with Crippen LogP contribution in [0.4, 0.5) is 0 Å². The van der Waals surface area contributed by atoms with Gasteiger partial charge in [0.05, 0.1) is 5.69 Å². The van der Waals surface area contributed by atoms with Gasteiger partial charge >= 0.3 is 0 Å². The van der Waals surface area contributed by atoms with E-state index in [2.05, 4.69) is 20.8 Å². The average Bonchev–Trinajstić information content (AvgIpc) is 3.68. The first-order chi connectivity index (χ1) is 15.3. The fourth-order valence-electron chi connectivity index (χ4n) is 5.03. The lowest BCUT2D eigenvalue weighted by molar-refractivity contribution is -0.152. The van der Waals surface area contributed by atoms with Crippen LogP contribution in [-0.2, 0) is 16.1 Å². The summed E-state index contributed by atoms with van der Waals surface area (Å²) in [7, 11) is 0. The number of hydrogen-bond donors (Lipinski definition) is 2. The highest BCUT2D eigenvalue weighted by Gasteiger charge is 2.58. The Morgan fingerprint density at radius 2 is 2.12 bits per heavy atom. The zero-order valence-electron chi connectivity index (χ0n) is 18.1. The number of nitrogens with zero attached hydrogens (tertiary/aromatic N) is 5. The monoisotopic (exact) mass is 458 g/mol. The molecule has 3 aliphatic rings. The predicted octanol–water partition coefficient (Wildman–Crippen LogP) is 1.58. The van der Waals surface area contributed by atoms with Crippen molar-refractivity contribution in [2.75, 3.05) is 6.54 Å². The number of carbonyl (C=O) groups is 2. The standard InChI is InChI=1S/C22H27ClN6O3/c1-22(2,14-3-4-14)19(30)21(32)28-10-13-8-16(13)18(28)20(31)24-9-12-7-15(23)5-6-17(12)29-11-25-26-27-29/h5-7,11,13-14,16,18-19,30H,3-4,8-10H2,1-2H3,(H,24,31)/t13-,16-,18-,19?/m0/s1. The number of nitrogens with one attached hydrogen (secondary N) is 1.